The number of carbonyl (C=O) groups is 1. The van der Waals surface area contributed by atoms with Gasteiger partial charge in [0.05, 0.1) is 18.3 Å². The minimum Gasteiger partial charge on any atom is -0.492 e. The van der Waals surface area contributed by atoms with E-state index in [1.165, 1.54) is 15.6 Å². The summed E-state index contributed by atoms with van der Waals surface area (Å²) in [5.74, 6) is 0.499. The first-order valence-electron chi connectivity index (χ1n) is 9.24. The van der Waals surface area contributed by atoms with Crippen molar-refractivity contribution in [1.29, 1.82) is 0 Å². The van der Waals surface area contributed by atoms with Gasteiger partial charge in [-0.15, -0.1) is 11.3 Å². The van der Waals surface area contributed by atoms with E-state index in [9.17, 15) is 13.2 Å². The average Bonchev–Trinajstić information content (AvgIpc) is 3.25. The third-order valence-corrected chi connectivity index (χ3v) is 8.01. The molecule has 9 heteroatoms. The molecule has 7 nitrogen and oxygen atoms in total. The summed E-state index contributed by atoms with van der Waals surface area (Å²) in [5.41, 5.74) is 0.639. The van der Waals surface area contributed by atoms with Crippen LogP contribution in [-0.2, 0) is 14.8 Å². The van der Waals surface area contributed by atoms with Crippen molar-refractivity contribution in [1.82, 2.24) is 9.21 Å². The number of ether oxygens (including phenoxy) is 1. The van der Waals surface area contributed by atoms with Crippen LogP contribution in [0.3, 0.4) is 0 Å². The lowest BCUT2D eigenvalue weighted by molar-refractivity contribution is -0.121. The van der Waals surface area contributed by atoms with Gasteiger partial charge in [0.2, 0.25) is 5.91 Å². The smallest absolute Gasteiger partial charge is 0.252 e. The fourth-order valence-corrected chi connectivity index (χ4v) is 5.69. The van der Waals surface area contributed by atoms with E-state index >= 15 is 0 Å². The van der Waals surface area contributed by atoms with Crippen LogP contribution in [0.1, 0.15) is 13.8 Å². The molecular weight excluding hydrogens is 398 g/mol. The van der Waals surface area contributed by atoms with E-state index in [0.29, 0.717) is 48.4 Å². The first-order valence-corrected chi connectivity index (χ1v) is 11.6. The summed E-state index contributed by atoms with van der Waals surface area (Å²) in [7, 11) is -3.44. The summed E-state index contributed by atoms with van der Waals surface area (Å²) in [6, 6.07) is 10.3. The van der Waals surface area contributed by atoms with Crippen molar-refractivity contribution in [3.05, 3.63) is 41.8 Å². The zero-order valence-electron chi connectivity index (χ0n) is 16.0. The van der Waals surface area contributed by atoms with Gasteiger partial charge in [-0.25, -0.2) is 8.42 Å². The largest absolute Gasteiger partial charge is 0.492 e. The molecule has 1 fully saturated rings. The van der Waals surface area contributed by atoms with Crippen LogP contribution >= 0.6 is 11.3 Å². The summed E-state index contributed by atoms with van der Waals surface area (Å²) in [6.07, 6.45) is 0. The lowest BCUT2D eigenvalue weighted by Gasteiger charge is -2.36. The molecule has 0 saturated carbocycles. The number of hydrogen-bond acceptors (Lipinski definition) is 6. The summed E-state index contributed by atoms with van der Waals surface area (Å²) in [4.78, 5) is 14.7. The standard InChI is InChI=1S/C19H25N3O4S2/c1-3-26-17-8-5-4-7-16(17)20-19(23)15(2)21-10-12-22(13-11-21)28(24,25)18-9-6-14-27-18/h4-9,14-15H,3,10-13H2,1-2H3,(H,20,23)/t15-/m1/s1. The predicted octanol–water partition coefficient (Wildman–Crippen LogP) is 2.48. The Kier molecular flexibility index (Phi) is 6.71. The Balaban J connectivity index is 1.59. The van der Waals surface area contributed by atoms with E-state index in [1.54, 1.807) is 23.6 Å². The maximum Gasteiger partial charge on any atom is 0.252 e. The zero-order valence-corrected chi connectivity index (χ0v) is 17.6. The summed E-state index contributed by atoms with van der Waals surface area (Å²) < 4.78 is 32.6. The number of nitrogens with one attached hydrogen (secondary N) is 1. The fourth-order valence-electron chi connectivity index (χ4n) is 3.12. The van der Waals surface area contributed by atoms with E-state index in [1.807, 2.05) is 36.9 Å². The molecule has 0 unspecified atom stereocenters. The molecule has 1 aromatic heterocycles. The van der Waals surface area contributed by atoms with Crippen LogP contribution in [0.2, 0.25) is 0 Å². The number of sulfonamides is 1. The fraction of sp³-hybridized carbons (Fsp3) is 0.421. The quantitative estimate of drug-likeness (QED) is 0.740. The number of amides is 1. The van der Waals surface area contributed by atoms with Crippen LogP contribution in [0.4, 0.5) is 5.69 Å². The molecule has 1 N–H and O–H groups in total. The van der Waals surface area contributed by atoms with Crippen LogP contribution in [-0.4, -0.2) is 62.4 Å². The number of nitrogens with zero attached hydrogens (tertiary/aromatic N) is 2. The highest BCUT2D eigenvalue weighted by Gasteiger charge is 2.32. The molecule has 0 spiro atoms. The maximum absolute atomic E-state index is 12.7. The maximum atomic E-state index is 12.7. The lowest BCUT2D eigenvalue weighted by atomic mass is 10.2. The molecular formula is C19H25N3O4S2. The number of thiophene rings is 1. The molecule has 2 heterocycles. The van der Waals surface area contributed by atoms with Crippen LogP contribution in [0.15, 0.2) is 46.0 Å². The number of hydrogen-bond donors (Lipinski definition) is 1. The highest BCUT2D eigenvalue weighted by Crippen LogP contribution is 2.25. The average molecular weight is 424 g/mol. The van der Waals surface area contributed by atoms with Gasteiger partial charge in [0, 0.05) is 26.2 Å². The highest BCUT2D eigenvalue weighted by atomic mass is 32.2. The van der Waals surface area contributed by atoms with Gasteiger partial charge in [-0.05, 0) is 37.4 Å². The number of piperazine rings is 1. The van der Waals surface area contributed by atoms with Crippen LogP contribution in [0.25, 0.3) is 0 Å². The monoisotopic (exact) mass is 423 g/mol. The van der Waals surface area contributed by atoms with Crippen molar-refractivity contribution in [3.63, 3.8) is 0 Å². The Morgan fingerprint density at radius 3 is 2.54 bits per heavy atom. The van der Waals surface area contributed by atoms with Crippen LogP contribution < -0.4 is 10.1 Å². The lowest BCUT2D eigenvalue weighted by Crippen LogP contribution is -2.53. The van der Waals surface area contributed by atoms with Crippen LogP contribution in [0, 0.1) is 0 Å². The second-order valence-electron chi connectivity index (χ2n) is 6.47. The van der Waals surface area contributed by atoms with Gasteiger partial charge in [-0.3, -0.25) is 9.69 Å². The minimum atomic E-state index is -3.44. The van der Waals surface area contributed by atoms with Gasteiger partial charge in [0.1, 0.15) is 9.96 Å². The van der Waals surface area contributed by atoms with Gasteiger partial charge in [0.25, 0.3) is 10.0 Å². The molecule has 1 saturated heterocycles. The first kappa shape index (κ1) is 20.8. The van der Waals surface area contributed by atoms with Crippen molar-refractivity contribution in [3.8, 4) is 5.75 Å². The highest BCUT2D eigenvalue weighted by molar-refractivity contribution is 7.91. The molecule has 1 amide bonds. The Hall–Kier alpha value is -1.94. The second kappa shape index (κ2) is 9.04. The SMILES string of the molecule is CCOc1ccccc1NC(=O)[C@@H](C)N1CCN(S(=O)(=O)c2cccs2)CC1. The summed E-state index contributed by atoms with van der Waals surface area (Å²) in [5, 5.41) is 4.68. The van der Waals surface area contributed by atoms with E-state index < -0.39 is 10.0 Å². The van der Waals surface area contributed by atoms with Gasteiger partial charge in [-0.2, -0.15) is 4.31 Å². The molecule has 0 bridgehead atoms. The number of benzene rings is 1. The number of anilines is 1. The molecule has 1 aliphatic heterocycles. The van der Waals surface area contributed by atoms with Gasteiger partial charge in [0.15, 0.2) is 0 Å². The summed E-state index contributed by atoms with van der Waals surface area (Å²) >= 11 is 1.22. The molecule has 152 valence electrons. The van der Waals surface area contributed by atoms with E-state index in [0.717, 1.165) is 0 Å². The molecule has 1 atom stereocenters. The Bertz CT molecular complexity index is 892. The normalized spacial score (nSPS) is 17.2. The number of carbonyl (C=O) groups excluding carboxylic acids is 1. The molecule has 28 heavy (non-hydrogen) atoms. The Morgan fingerprint density at radius 1 is 1.18 bits per heavy atom. The van der Waals surface area contributed by atoms with Gasteiger partial charge in [-0.1, -0.05) is 18.2 Å². The van der Waals surface area contributed by atoms with Crippen molar-refractivity contribution in [2.75, 3.05) is 38.1 Å². The summed E-state index contributed by atoms with van der Waals surface area (Å²) in [6.45, 7) is 6.00. The van der Waals surface area contributed by atoms with E-state index in [-0.39, 0.29) is 11.9 Å². The Morgan fingerprint density at radius 2 is 1.89 bits per heavy atom. The van der Waals surface area contributed by atoms with Crippen molar-refractivity contribution in [2.45, 2.75) is 24.1 Å². The zero-order chi connectivity index (χ0) is 20.1. The third kappa shape index (κ3) is 4.54. The molecule has 1 aliphatic rings. The van der Waals surface area contributed by atoms with Gasteiger partial charge >= 0.3 is 0 Å². The van der Waals surface area contributed by atoms with Crippen LogP contribution in [0.5, 0.6) is 5.75 Å². The van der Waals surface area contributed by atoms with Crippen molar-refractivity contribution in [2.24, 2.45) is 0 Å². The number of para-hydroxylation sites is 2. The van der Waals surface area contributed by atoms with Gasteiger partial charge < -0.3 is 10.1 Å². The molecule has 0 aliphatic carbocycles. The minimum absolute atomic E-state index is 0.137. The molecule has 3 rings (SSSR count). The predicted molar refractivity (Wildman–Crippen MR) is 110 cm³/mol. The van der Waals surface area contributed by atoms with Crippen molar-refractivity contribution >= 4 is 33.0 Å². The molecule has 0 radical (unpaired) electrons. The third-order valence-electron chi connectivity index (χ3n) is 4.73. The molecule has 2 aromatic rings. The Labute approximate surface area is 170 Å². The molecule has 1 aromatic carbocycles. The second-order valence-corrected chi connectivity index (χ2v) is 9.58. The topological polar surface area (TPSA) is 79.0 Å². The van der Waals surface area contributed by atoms with E-state index in [2.05, 4.69) is 5.32 Å². The number of rotatable bonds is 7. The van der Waals surface area contributed by atoms with Crippen molar-refractivity contribution < 1.29 is 17.9 Å². The van der Waals surface area contributed by atoms with E-state index in [4.69, 9.17) is 4.74 Å². The first-order chi connectivity index (χ1) is 13.4.